The van der Waals surface area contributed by atoms with Gasteiger partial charge < -0.3 is 14.5 Å². The third kappa shape index (κ3) is 3.35. The highest BCUT2D eigenvalue weighted by Crippen LogP contribution is 2.31. The Hall–Kier alpha value is -2.89. The smallest absolute Gasteiger partial charge is 0.259 e. The molecular weight excluding hydrogens is 352 g/mol. The van der Waals surface area contributed by atoms with Crippen molar-refractivity contribution < 1.29 is 9.63 Å². The van der Waals surface area contributed by atoms with Gasteiger partial charge in [0, 0.05) is 24.8 Å². The van der Waals surface area contributed by atoms with Crippen LogP contribution in [-0.2, 0) is 12.8 Å². The Morgan fingerprint density at radius 1 is 1.04 bits per heavy atom. The van der Waals surface area contributed by atoms with Crippen LogP contribution < -0.4 is 4.90 Å². The third-order valence-corrected chi connectivity index (χ3v) is 5.42. The minimum atomic E-state index is 0.337. The summed E-state index contributed by atoms with van der Waals surface area (Å²) < 4.78 is 5.54. The van der Waals surface area contributed by atoms with Gasteiger partial charge in [-0.25, -0.2) is 4.98 Å². The van der Waals surface area contributed by atoms with E-state index in [-0.39, 0.29) is 0 Å². The first-order valence-corrected chi connectivity index (χ1v) is 10.0. The van der Waals surface area contributed by atoms with E-state index in [0.29, 0.717) is 17.5 Å². The summed E-state index contributed by atoms with van der Waals surface area (Å²) in [5.74, 6) is 2.40. The molecule has 0 atom stereocenters. The largest absolute Gasteiger partial charge is 0.507 e. The summed E-state index contributed by atoms with van der Waals surface area (Å²) >= 11 is 0. The molecule has 0 bridgehead atoms. The van der Waals surface area contributed by atoms with Crippen LogP contribution in [0.2, 0.25) is 0 Å². The first-order chi connectivity index (χ1) is 13.6. The van der Waals surface area contributed by atoms with Crippen LogP contribution in [0.1, 0.15) is 43.4 Å². The number of nitrogens with zero attached hydrogens (tertiary/aromatic N) is 4. The van der Waals surface area contributed by atoms with Crippen LogP contribution in [-0.4, -0.2) is 33.3 Å². The van der Waals surface area contributed by atoms with Crippen molar-refractivity contribution in [3.05, 3.63) is 41.1 Å². The van der Waals surface area contributed by atoms with Crippen molar-refractivity contribution in [2.45, 2.75) is 46.5 Å². The maximum atomic E-state index is 10.1. The Kier molecular flexibility index (Phi) is 5.03. The van der Waals surface area contributed by atoms with Crippen molar-refractivity contribution in [3.8, 4) is 28.6 Å². The predicted molar refractivity (Wildman–Crippen MR) is 110 cm³/mol. The molecule has 4 rings (SSSR count). The van der Waals surface area contributed by atoms with E-state index in [1.54, 1.807) is 0 Å². The number of anilines is 1. The fourth-order valence-electron chi connectivity index (χ4n) is 3.80. The lowest BCUT2D eigenvalue weighted by molar-refractivity contribution is 0.432. The molecule has 0 unspecified atom stereocenters. The van der Waals surface area contributed by atoms with E-state index >= 15 is 0 Å². The van der Waals surface area contributed by atoms with Crippen molar-refractivity contribution >= 4 is 5.82 Å². The maximum Gasteiger partial charge on any atom is 0.259 e. The highest BCUT2D eigenvalue weighted by molar-refractivity contribution is 5.65. The Morgan fingerprint density at radius 3 is 2.46 bits per heavy atom. The van der Waals surface area contributed by atoms with E-state index in [1.165, 1.54) is 18.4 Å². The molecule has 1 saturated heterocycles. The number of pyridine rings is 1. The fourth-order valence-corrected chi connectivity index (χ4v) is 3.80. The summed E-state index contributed by atoms with van der Waals surface area (Å²) in [7, 11) is 0. The Balaban J connectivity index is 1.67. The lowest BCUT2D eigenvalue weighted by Crippen LogP contribution is -2.20. The van der Waals surface area contributed by atoms with E-state index in [2.05, 4.69) is 28.0 Å². The van der Waals surface area contributed by atoms with Crippen LogP contribution in [0.5, 0.6) is 5.75 Å². The topological polar surface area (TPSA) is 75.3 Å². The van der Waals surface area contributed by atoms with Crippen molar-refractivity contribution in [2.24, 2.45) is 0 Å². The molecule has 3 heterocycles. The molecule has 1 fully saturated rings. The van der Waals surface area contributed by atoms with Gasteiger partial charge in [0.15, 0.2) is 0 Å². The lowest BCUT2D eigenvalue weighted by Gasteiger charge is -2.19. The second-order valence-corrected chi connectivity index (χ2v) is 7.33. The first-order valence-electron chi connectivity index (χ1n) is 10.0. The average Bonchev–Trinajstić information content (AvgIpc) is 3.41. The average molecular weight is 378 g/mol. The van der Waals surface area contributed by atoms with Crippen LogP contribution in [0.25, 0.3) is 22.8 Å². The lowest BCUT2D eigenvalue weighted by atomic mass is 10.0. The molecule has 0 aliphatic carbocycles. The summed E-state index contributed by atoms with van der Waals surface area (Å²) in [6, 6.07) is 5.91. The zero-order valence-corrected chi connectivity index (χ0v) is 16.7. The van der Waals surface area contributed by atoms with Gasteiger partial charge in [0.25, 0.3) is 5.89 Å². The number of phenols is 1. The van der Waals surface area contributed by atoms with Gasteiger partial charge in [-0.15, -0.1) is 0 Å². The van der Waals surface area contributed by atoms with Gasteiger partial charge in [-0.1, -0.05) is 19.0 Å². The first kappa shape index (κ1) is 18.5. The Labute approximate surface area is 165 Å². The molecule has 6 heteroatoms. The van der Waals surface area contributed by atoms with E-state index < -0.39 is 0 Å². The van der Waals surface area contributed by atoms with E-state index in [4.69, 9.17) is 9.51 Å². The molecule has 2 aromatic heterocycles. The standard InChI is InChI=1S/C22H26N4O2/c1-4-15-11-17(10-14(3)19(15)27)20-24-22(28-25-20)18-12-16(5-2)21(23-13-18)26-8-6-7-9-26/h10-13,27H,4-9H2,1-3H3. The number of rotatable bonds is 5. The molecule has 0 spiro atoms. The Bertz CT molecular complexity index is 990. The predicted octanol–water partition coefficient (Wildman–Crippen LogP) is 4.54. The van der Waals surface area contributed by atoms with Crippen LogP contribution in [0.4, 0.5) is 5.82 Å². The van der Waals surface area contributed by atoms with Gasteiger partial charge in [-0.3, -0.25) is 0 Å². The van der Waals surface area contributed by atoms with Gasteiger partial charge in [-0.05, 0) is 67.5 Å². The summed E-state index contributed by atoms with van der Waals surface area (Å²) in [6.07, 6.45) is 5.93. The monoisotopic (exact) mass is 378 g/mol. The quantitative estimate of drug-likeness (QED) is 0.703. The van der Waals surface area contributed by atoms with Gasteiger partial charge in [0.1, 0.15) is 11.6 Å². The number of hydrogen-bond acceptors (Lipinski definition) is 6. The zero-order chi connectivity index (χ0) is 19.7. The fraction of sp³-hybridized carbons (Fsp3) is 0.409. The van der Waals surface area contributed by atoms with Crippen molar-refractivity contribution in [2.75, 3.05) is 18.0 Å². The summed E-state index contributed by atoms with van der Waals surface area (Å²) in [5.41, 5.74) is 4.58. The van der Waals surface area contributed by atoms with E-state index in [9.17, 15) is 5.11 Å². The molecule has 28 heavy (non-hydrogen) atoms. The number of aromatic nitrogens is 3. The van der Waals surface area contributed by atoms with Crippen molar-refractivity contribution in [1.82, 2.24) is 15.1 Å². The van der Waals surface area contributed by atoms with Gasteiger partial charge >= 0.3 is 0 Å². The molecule has 0 radical (unpaired) electrons. The number of hydrogen-bond donors (Lipinski definition) is 1. The number of phenolic OH excluding ortho intramolecular Hbond substituents is 1. The molecule has 6 nitrogen and oxygen atoms in total. The molecule has 146 valence electrons. The molecule has 0 amide bonds. The highest BCUT2D eigenvalue weighted by Gasteiger charge is 2.19. The second kappa shape index (κ2) is 7.62. The maximum absolute atomic E-state index is 10.1. The minimum Gasteiger partial charge on any atom is -0.507 e. The Morgan fingerprint density at radius 2 is 1.75 bits per heavy atom. The van der Waals surface area contributed by atoms with Gasteiger partial charge in [-0.2, -0.15) is 4.98 Å². The minimum absolute atomic E-state index is 0.337. The highest BCUT2D eigenvalue weighted by atomic mass is 16.5. The summed E-state index contributed by atoms with van der Waals surface area (Å²) in [4.78, 5) is 11.6. The molecule has 1 aliphatic rings. The summed E-state index contributed by atoms with van der Waals surface area (Å²) in [5, 5.41) is 14.3. The molecule has 1 N–H and O–H groups in total. The summed E-state index contributed by atoms with van der Waals surface area (Å²) in [6.45, 7) is 8.19. The molecule has 1 aliphatic heterocycles. The normalized spacial score (nSPS) is 14.0. The van der Waals surface area contributed by atoms with Crippen LogP contribution in [0.3, 0.4) is 0 Å². The van der Waals surface area contributed by atoms with E-state index in [0.717, 1.165) is 54.0 Å². The number of aromatic hydroxyl groups is 1. The van der Waals surface area contributed by atoms with E-state index in [1.807, 2.05) is 32.2 Å². The molecule has 0 saturated carbocycles. The van der Waals surface area contributed by atoms with Crippen molar-refractivity contribution in [1.29, 1.82) is 0 Å². The van der Waals surface area contributed by atoms with Crippen LogP contribution >= 0.6 is 0 Å². The van der Waals surface area contributed by atoms with Crippen LogP contribution in [0, 0.1) is 6.92 Å². The number of benzene rings is 1. The van der Waals surface area contributed by atoms with Crippen molar-refractivity contribution in [3.63, 3.8) is 0 Å². The molecular formula is C22H26N4O2. The SMILES string of the molecule is CCc1cc(-c2nc(-c3cc(C)c(O)c(CC)c3)no2)cnc1N1CCCC1. The molecule has 1 aromatic carbocycles. The number of aryl methyl sites for hydroxylation is 3. The zero-order valence-electron chi connectivity index (χ0n) is 16.7. The van der Waals surface area contributed by atoms with Gasteiger partial charge in [0.05, 0.1) is 5.56 Å². The molecule has 3 aromatic rings. The third-order valence-electron chi connectivity index (χ3n) is 5.42. The van der Waals surface area contributed by atoms with Gasteiger partial charge in [0.2, 0.25) is 5.82 Å². The van der Waals surface area contributed by atoms with Crippen LogP contribution in [0.15, 0.2) is 28.9 Å². The second-order valence-electron chi connectivity index (χ2n) is 7.33.